The number of fused-ring (bicyclic) bond motifs is 1. The molecular formula is C19H18N4O2. The topological polar surface area (TPSA) is 97.1 Å². The fourth-order valence-electron chi connectivity index (χ4n) is 2.43. The van der Waals surface area contributed by atoms with Crippen LogP contribution in [0.5, 0.6) is 0 Å². The maximum Gasteiger partial charge on any atom is 0.269 e. The highest BCUT2D eigenvalue weighted by molar-refractivity contribution is 5.99. The third kappa shape index (κ3) is 3.92. The van der Waals surface area contributed by atoms with Crippen molar-refractivity contribution in [3.05, 3.63) is 71.9 Å². The summed E-state index contributed by atoms with van der Waals surface area (Å²) in [6.45, 7) is 0.596. The van der Waals surface area contributed by atoms with E-state index in [1.807, 2.05) is 30.3 Å². The fourth-order valence-corrected chi connectivity index (χ4v) is 2.43. The quantitative estimate of drug-likeness (QED) is 0.491. The van der Waals surface area contributed by atoms with Crippen LogP contribution >= 0.6 is 0 Å². The molecule has 1 aromatic heterocycles. The van der Waals surface area contributed by atoms with Gasteiger partial charge in [-0.3, -0.25) is 9.59 Å². The van der Waals surface area contributed by atoms with Crippen LogP contribution in [0, 0.1) is 0 Å². The molecule has 0 atom stereocenters. The summed E-state index contributed by atoms with van der Waals surface area (Å²) in [6, 6.07) is 18.0. The zero-order valence-electron chi connectivity index (χ0n) is 13.5. The first-order valence-corrected chi connectivity index (χ1v) is 7.92. The van der Waals surface area contributed by atoms with E-state index < -0.39 is 0 Å². The van der Waals surface area contributed by atoms with Gasteiger partial charge in [0.1, 0.15) is 5.69 Å². The minimum Gasteiger partial charge on any atom is -0.398 e. The summed E-state index contributed by atoms with van der Waals surface area (Å²) in [7, 11) is 0. The molecule has 0 saturated heterocycles. The van der Waals surface area contributed by atoms with Gasteiger partial charge in [0, 0.05) is 24.2 Å². The van der Waals surface area contributed by atoms with Gasteiger partial charge in [-0.05, 0) is 24.3 Å². The van der Waals surface area contributed by atoms with E-state index in [2.05, 4.69) is 15.6 Å². The van der Waals surface area contributed by atoms with Gasteiger partial charge in [-0.15, -0.1) is 0 Å². The molecule has 4 N–H and O–H groups in total. The van der Waals surface area contributed by atoms with E-state index in [0.29, 0.717) is 30.0 Å². The molecule has 0 bridgehead atoms. The molecule has 3 rings (SSSR count). The molecule has 0 aliphatic rings. The summed E-state index contributed by atoms with van der Waals surface area (Å²) in [5.41, 5.74) is 7.71. The third-order valence-electron chi connectivity index (χ3n) is 3.73. The zero-order chi connectivity index (χ0) is 17.6. The molecule has 6 heteroatoms. The largest absolute Gasteiger partial charge is 0.398 e. The highest BCUT2D eigenvalue weighted by Crippen LogP contribution is 2.12. The van der Waals surface area contributed by atoms with Crippen LogP contribution in [-0.4, -0.2) is 29.9 Å². The first-order chi connectivity index (χ1) is 12.1. The van der Waals surface area contributed by atoms with Crippen molar-refractivity contribution < 1.29 is 9.59 Å². The Morgan fingerprint density at radius 3 is 2.32 bits per heavy atom. The molecule has 0 aliphatic heterocycles. The Balaban J connectivity index is 1.52. The Kier molecular flexibility index (Phi) is 4.89. The van der Waals surface area contributed by atoms with Crippen LogP contribution in [-0.2, 0) is 0 Å². The SMILES string of the molecule is Nc1ccccc1C(=O)NCCNC(=O)c1ccc2ccccc2n1. The minimum atomic E-state index is -0.278. The van der Waals surface area contributed by atoms with E-state index >= 15 is 0 Å². The van der Waals surface area contributed by atoms with Gasteiger partial charge in [0.25, 0.3) is 11.8 Å². The number of nitrogen functional groups attached to an aromatic ring is 1. The zero-order valence-corrected chi connectivity index (χ0v) is 13.5. The summed E-state index contributed by atoms with van der Waals surface area (Å²) in [5.74, 6) is -0.546. The van der Waals surface area contributed by atoms with Gasteiger partial charge in [-0.2, -0.15) is 0 Å². The van der Waals surface area contributed by atoms with Crippen LogP contribution in [0.3, 0.4) is 0 Å². The molecular weight excluding hydrogens is 316 g/mol. The molecule has 2 amide bonds. The van der Waals surface area contributed by atoms with Crippen LogP contribution in [0.4, 0.5) is 5.69 Å². The van der Waals surface area contributed by atoms with Crippen LogP contribution in [0.25, 0.3) is 10.9 Å². The summed E-state index contributed by atoms with van der Waals surface area (Å²) in [5, 5.41) is 6.44. The second kappa shape index (κ2) is 7.44. The number of para-hydroxylation sites is 2. The highest BCUT2D eigenvalue weighted by atomic mass is 16.2. The maximum atomic E-state index is 12.2. The first kappa shape index (κ1) is 16.4. The van der Waals surface area contributed by atoms with Crippen molar-refractivity contribution in [3.63, 3.8) is 0 Å². The maximum absolute atomic E-state index is 12.2. The van der Waals surface area contributed by atoms with Gasteiger partial charge in [0.05, 0.1) is 11.1 Å². The lowest BCUT2D eigenvalue weighted by atomic mass is 10.1. The van der Waals surface area contributed by atoms with Gasteiger partial charge in [-0.25, -0.2) is 4.98 Å². The lowest BCUT2D eigenvalue weighted by molar-refractivity contribution is 0.0925. The smallest absolute Gasteiger partial charge is 0.269 e. The number of hydrogen-bond acceptors (Lipinski definition) is 4. The second-order valence-corrected chi connectivity index (χ2v) is 5.49. The predicted octanol–water partition coefficient (Wildman–Crippen LogP) is 1.98. The summed E-state index contributed by atoms with van der Waals surface area (Å²) in [4.78, 5) is 28.5. The Morgan fingerprint density at radius 1 is 0.840 bits per heavy atom. The van der Waals surface area contributed by atoms with Crippen molar-refractivity contribution in [3.8, 4) is 0 Å². The van der Waals surface area contributed by atoms with Crippen molar-refractivity contribution >= 4 is 28.4 Å². The fraction of sp³-hybridized carbons (Fsp3) is 0.105. The monoisotopic (exact) mass is 334 g/mol. The van der Waals surface area contributed by atoms with Gasteiger partial charge >= 0.3 is 0 Å². The summed E-state index contributed by atoms with van der Waals surface area (Å²) >= 11 is 0. The Morgan fingerprint density at radius 2 is 1.52 bits per heavy atom. The van der Waals surface area contributed by atoms with Crippen molar-refractivity contribution in [1.82, 2.24) is 15.6 Å². The lowest BCUT2D eigenvalue weighted by Crippen LogP contribution is -2.35. The number of nitrogens with two attached hydrogens (primary N) is 1. The highest BCUT2D eigenvalue weighted by Gasteiger charge is 2.10. The average molecular weight is 334 g/mol. The number of pyridine rings is 1. The molecule has 6 nitrogen and oxygen atoms in total. The Labute approximate surface area is 145 Å². The normalized spacial score (nSPS) is 10.4. The lowest BCUT2D eigenvalue weighted by Gasteiger charge is -2.08. The van der Waals surface area contributed by atoms with Crippen LogP contribution in [0.2, 0.25) is 0 Å². The molecule has 126 valence electrons. The Hall–Kier alpha value is -3.41. The number of hydrogen-bond donors (Lipinski definition) is 3. The number of nitrogens with zero attached hydrogens (tertiary/aromatic N) is 1. The van der Waals surface area contributed by atoms with Crippen molar-refractivity contribution in [2.75, 3.05) is 18.8 Å². The minimum absolute atomic E-state index is 0.267. The standard InChI is InChI=1S/C19H18N4O2/c20-15-7-3-2-6-14(15)18(24)21-11-12-22-19(25)17-10-9-13-5-1-4-8-16(13)23-17/h1-10H,11-12,20H2,(H,21,24)(H,22,25). The van der Waals surface area contributed by atoms with E-state index in [1.165, 1.54) is 0 Å². The van der Waals surface area contributed by atoms with Crippen molar-refractivity contribution in [2.45, 2.75) is 0 Å². The van der Waals surface area contributed by atoms with E-state index in [9.17, 15) is 9.59 Å². The number of anilines is 1. The first-order valence-electron chi connectivity index (χ1n) is 7.92. The van der Waals surface area contributed by atoms with Crippen molar-refractivity contribution in [2.24, 2.45) is 0 Å². The molecule has 3 aromatic rings. The number of amides is 2. The number of benzene rings is 2. The Bertz CT molecular complexity index is 924. The molecule has 25 heavy (non-hydrogen) atoms. The van der Waals surface area contributed by atoms with Gasteiger partial charge in [-0.1, -0.05) is 36.4 Å². The molecule has 0 unspecified atom stereocenters. The number of rotatable bonds is 5. The van der Waals surface area contributed by atoms with E-state index in [-0.39, 0.29) is 11.8 Å². The van der Waals surface area contributed by atoms with Gasteiger partial charge < -0.3 is 16.4 Å². The molecule has 0 spiro atoms. The molecule has 0 aliphatic carbocycles. The average Bonchev–Trinajstić information content (AvgIpc) is 2.64. The number of carbonyl (C=O) groups is 2. The second-order valence-electron chi connectivity index (χ2n) is 5.49. The third-order valence-corrected chi connectivity index (χ3v) is 3.73. The molecule has 2 aromatic carbocycles. The molecule has 0 radical (unpaired) electrons. The van der Waals surface area contributed by atoms with Crippen LogP contribution < -0.4 is 16.4 Å². The molecule has 0 fully saturated rings. The summed E-state index contributed by atoms with van der Waals surface area (Å²) < 4.78 is 0. The summed E-state index contributed by atoms with van der Waals surface area (Å²) in [6.07, 6.45) is 0. The molecule has 1 heterocycles. The van der Waals surface area contributed by atoms with Gasteiger partial charge in [0.2, 0.25) is 0 Å². The van der Waals surface area contributed by atoms with Crippen molar-refractivity contribution in [1.29, 1.82) is 0 Å². The van der Waals surface area contributed by atoms with Gasteiger partial charge in [0.15, 0.2) is 0 Å². The van der Waals surface area contributed by atoms with E-state index in [4.69, 9.17) is 5.73 Å². The van der Waals surface area contributed by atoms with Crippen LogP contribution in [0.15, 0.2) is 60.7 Å². The number of carbonyl (C=O) groups excluding carboxylic acids is 2. The van der Waals surface area contributed by atoms with E-state index in [0.717, 1.165) is 10.9 Å². The van der Waals surface area contributed by atoms with Crippen LogP contribution in [0.1, 0.15) is 20.8 Å². The number of aromatic nitrogens is 1. The molecule has 0 saturated carbocycles. The van der Waals surface area contributed by atoms with E-state index in [1.54, 1.807) is 30.3 Å². The predicted molar refractivity (Wildman–Crippen MR) is 97.3 cm³/mol. The number of nitrogens with one attached hydrogen (secondary N) is 2.